The fourth-order valence-corrected chi connectivity index (χ4v) is 3.98. The van der Waals surface area contributed by atoms with Crippen molar-refractivity contribution in [2.24, 2.45) is 5.92 Å². The summed E-state index contributed by atoms with van der Waals surface area (Å²) in [7, 11) is 6.51. The summed E-state index contributed by atoms with van der Waals surface area (Å²) in [6.45, 7) is 4.43. The minimum Gasteiger partial charge on any atom is -0.311 e. The number of hydrogen-bond acceptors (Lipinski definition) is 2. The number of rotatable bonds is 4. The maximum absolute atomic E-state index is 6.36. The van der Waals surface area contributed by atoms with Crippen LogP contribution in [0.1, 0.15) is 49.8 Å². The molecular weight excluding hydrogens is 280 g/mol. The lowest BCUT2D eigenvalue weighted by atomic mass is 9.70. The van der Waals surface area contributed by atoms with Crippen LogP contribution in [0.2, 0.25) is 5.02 Å². The lowest BCUT2D eigenvalue weighted by Gasteiger charge is -2.50. The molecule has 1 aromatic carbocycles. The number of aryl methyl sites for hydroxylation is 1. The second kappa shape index (κ2) is 6.68. The molecule has 1 unspecified atom stereocenters. The van der Waals surface area contributed by atoms with E-state index >= 15 is 0 Å². The highest BCUT2D eigenvalue weighted by molar-refractivity contribution is 6.31. The molecule has 0 radical (unpaired) electrons. The summed E-state index contributed by atoms with van der Waals surface area (Å²) in [5, 5.41) is 4.44. The summed E-state index contributed by atoms with van der Waals surface area (Å²) >= 11 is 6.36. The van der Waals surface area contributed by atoms with Crippen LogP contribution < -0.4 is 5.32 Å². The molecule has 118 valence electrons. The van der Waals surface area contributed by atoms with Crippen LogP contribution in [-0.4, -0.2) is 31.6 Å². The van der Waals surface area contributed by atoms with E-state index in [1.807, 2.05) is 0 Å². The average Bonchev–Trinajstić information content (AvgIpc) is 2.45. The minimum absolute atomic E-state index is 0.180. The van der Waals surface area contributed by atoms with Gasteiger partial charge in [-0.2, -0.15) is 0 Å². The van der Waals surface area contributed by atoms with Gasteiger partial charge in [-0.1, -0.05) is 30.7 Å². The molecule has 0 amide bonds. The second-order valence-corrected chi connectivity index (χ2v) is 7.32. The molecule has 3 heteroatoms. The van der Waals surface area contributed by atoms with Gasteiger partial charge in [0.05, 0.1) is 6.04 Å². The van der Waals surface area contributed by atoms with E-state index in [0.717, 1.165) is 16.5 Å². The third kappa shape index (κ3) is 3.28. The summed E-state index contributed by atoms with van der Waals surface area (Å²) < 4.78 is 0. The van der Waals surface area contributed by atoms with E-state index in [2.05, 4.69) is 63.4 Å². The Morgan fingerprint density at radius 3 is 2.38 bits per heavy atom. The van der Waals surface area contributed by atoms with Crippen molar-refractivity contribution in [1.82, 2.24) is 10.2 Å². The molecule has 0 aromatic heterocycles. The van der Waals surface area contributed by atoms with E-state index < -0.39 is 0 Å². The van der Waals surface area contributed by atoms with Crippen molar-refractivity contribution in [1.29, 1.82) is 0 Å². The fourth-order valence-electron chi connectivity index (χ4n) is 3.79. The van der Waals surface area contributed by atoms with E-state index in [9.17, 15) is 0 Å². The largest absolute Gasteiger partial charge is 0.311 e. The normalized spacial score (nSPS) is 27.9. The molecule has 0 spiro atoms. The number of nitrogens with zero attached hydrogens (tertiary/aromatic N) is 1. The van der Waals surface area contributed by atoms with Gasteiger partial charge in [-0.05, 0) is 76.9 Å². The van der Waals surface area contributed by atoms with Gasteiger partial charge in [0.2, 0.25) is 0 Å². The number of hydrogen-bond donors (Lipinski definition) is 1. The van der Waals surface area contributed by atoms with Crippen LogP contribution in [0.4, 0.5) is 0 Å². The SMILES string of the molecule is CNC(c1ccc(C)c(Cl)c1)C1(N(C)C)CCC(C)CC1. The molecular formula is C18H29ClN2. The van der Waals surface area contributed by atoms with E-state index in [1.54, 1.807) is 0 Å². The molecule has 1 N–H and O–H groups in total. The smallest absolute Gasteiger partial charge is 0.0505 e. The van der Waals surface area contributed by atoms with Gasteiger partial charge in [0.25, 0.3) is 0 Å². The van der Waals surface area contributed by atoms with Gasteiger partial charge in [-0.25, -0.2) is 0 Å². The van der Waals surface area contributed by atoms with Crippen molar-refractivity contribution in [3.05, 3.63) is 34.3 Å². The Balaban J connectivity index is 2.38. The molecule has 2 nitrogen and oxygen atoms in total. The highest BCUT2D eigenvalue weighted by Gasteiger charge is 2.43. The van der Waals surface area contributed by atoms with Gasteiger partial charge in [0.15, 0.2) is 0 Å². The summed E-state index contributed by atoms with van der Waals surface area (Å²) in [5.41, 5.74) is 2.63. The van der Waals surface area contributed by atoms with E-state index in [4.69, 9.17) is 11.6 Å². The van der Waals surface area contributed by atoms with Crippen molar-refractivity contribution in [2.75, 3.05) is 21.1 Å². The molecule has 21 heavy (non-hydrogen) atoms. The first-order chi connectivity index (χ1) is 9.90. The maximum Gasteiger partial charge on any atom is 0.0505 e. The molecule has 0 heterocycles. The van der Waals surface area contributed by atoms with Crippen LogP contribution in [0, 0.1) is 12.8 Å². The van der Waals surface area contributed by atoms with Crippen LogP contribution >= 0.6 is 11.6 Å². The Morgan fingerprint density at radius 2 is 1.90 bits per heavy atom. The molecule has 1 aliphatic carbocycles. The van der Waals surface area contributed by atoms with Crippen molar-refractivity contribution < 1.29 is 0 Å². The van der Waals surface area contributed by atoms with Gasteiger partial charge >= 0.3 is 0 Å². The number of nitrogens with one attached hydrogen (secondary N) is 1. The number of benzene rings is 1. The molecule has 0 bridgehead atoms. The van der Waals surface area contributed by atoms with Crippen LogP contribution in [-0.2, 0) is 0 Å². The van der Waals surface area contributed by atoms with Gasteiger partial charge in [0.1, 0.15) is 0 Å². The van der Waals surface area contributed by atoms with Crippen LogP contribution in [0.25, 0.3) is 0 Å². The monoisotopic (exact) mass is 308 g/mol. The summed E-state index contributed by atoms with van der Waals surface area (Å²) in [6.07, 6.45) is 5.07. The predicted molar refractivity (Wildman–Crippen MR) is 92.0 cm³/mol. The van der Waals surface area contributed by atoms with Gasteiger partial charge < -0.3 is 10.2 Å². The Bertz CT molecular complexity index is 476. The first-order valence-corrected chi connectivity index (χ1v) is 8.39. The van der Waals surface area contributed by atoms with Crippen LogP contribution in [0.15, 0.2) is 18.2 Å². The Kier molecular flexibility index (Phi) is 5.34. The molecule has 2 rings (SSSR count). The fraction of sp³-hybridized carbons (Fsp3) is 0.667. The topological polar surface area (TPSA) is 15.3 Å². The third-order valence-electron chi connectivity index (χ3n) is 5.39. The first-order valence-electron chi connectivity index (χ1n) is 8.01. The van der Waals surface area contributed by atoms with Crippen molar-refractivity contribution in [2.45, 2.75) is 51.1 Å². The first kappa shape index (κ1) is 16.8. The summed E-state index contributed by atoms with van der Waals surface area (Å²) in [6, 6.07) is 6.82. The molecule has 1 aromatic rings. The number of halogens is 1. The average molecular weight is 309 g/mol. The maximum atomic E-state index is 6.36. The Hall–Kier alpha value is -0.570. The zero-order valence-electron chi connectivity index (χ0n) is 14.0. The lowest BCUT2D eigenvalue weighted by Crippen LogP contribution is -2.55. The summed E-state index contributed by atoms with van der Waals surface area (Å²) in [4.78, 5) is 2.42. The van der Waals surface area contributed by atoms with Crippen LogP contribution in [0.3, 0.4) is 0 Å². The quantitative estimate of drug-likeness (QED) is 0.886. The molecule has 0 saturated heterocycles. The zero-order valence-corrected chi connectivity index (χ0v) is 14.8. The van der Waals surface area contributed by atoms with Crippen molar-refractivity contribution in [3.8, 4) is 0 Å². The lowest BCUT2D eigenvalue weighted by molar-refractivity contribution is 0.0455. The molecule has 1 fully saturated rings. The van der Waals surface area contributed by atoms with Gasteiger partial charge in [-0.3, -0.25) is 0 Å². The third-order valence-corrected chi connectivity index (χ3v) is 5.79. The van der Waals surface area contributed by atoms with E-state index in [0.29, 0.717) is 6.04 Å². The van der Waals surface area contributed by atoms with Gasteiger partial charge in [-0.15, -0.1) is 0 Å². The Labute approximate surface area is 134 Å². The second-order valence-electron chi connectivity index (χ2n) is 6.91. The number of likely N-dealkylation sites (N-methyl/N-ethyl adjacent to an activating group) is 2. The highest BCUT2D eigenvalue weighted by Crippen LogP contribution is 2.44. The highest BCUT2D eigenvalue weighted by atomic mass is 35.5. The standard InChI is InChI=1S/C18H29ClN2/c1-13-8-10-18(11-9-13,21(4)5)17(20-3)15-7-6-14(2)16(19)12-15/h6-7,12-13,17,20H,8-11H2,1-5H3. The van der Waals surface area contributed by atoms with Crippen LogP contribution in [0.5, 0.6) is 0 Å². The van der Waals surface area contributed by atoms with Crippen molar-refractivity contribution in [3.63, 3.8) is 0 Å². The molecule has 1 aliphatic rings. The van der Waals surface area contributed by atoms with E-state index in [-0.39, 0.29) is 5.54 Å². The molecule has 0 aliphatic heterocycles. The van der Waals surface area contributed by atoms with E-state index in [1.165, 1.54) is 31.2 Å². The summed E-state index contributed by atoms with van der Waals surface area (Å²) in [5.74, 6) is 0.845. The van der Waals surface area contributed by atoms with Crippen molar-refractivity contribution >= 4 is 11.6 Å². The molecule has 1 saturated carbocycles. The Morgan fingerprint density at radius 1 is 1.29 bits per heavy atom. The van der Waals surface area contributed by atoms with Gasteiger partial charge in [0, 0.05) is 10.6 Å². The predicted octanol–water partition coefficient (Wildman–Crippen LogP) is 4.42. The zero-order chi connectivity index (χ0) is 15.6. The molecule has 1 atom stereocenters. The minimum atomic E-state index is 0.180.